The number of rotatable bonds is 3. The van der Waals surface area contributed by atoms with E-state index >= 15 is 0 Å². The molecule has 1 heterocycles. The monoisotopic (exact) mass is 510 g/mol. The van der Waals surface area contributed by atoms with Crippen molar-refractivity contribution in [1.29, 1.82) is 0 Å². The van der Waals surface area contributed by atoms with Gasteiger partial charge in [-0.05, 0) is 72.5 Å². The number of hydrogen-bond acceptors (Lipinski definition) is 4. The quantitative estimate of drug-likeness (QED) is 0.313. The van der Waals surface area contributed by atoms with Gasteiger partial charge < -0.3 is 4.74 Å². The van der Waals surface area contributed by atoms with Gasteiger partial charge in [0.25, 0.3) is 0 Å². The molecule has 5 heteroatoms. The Kier molecular flexibility index (Phi) is 8.08. The van der Waals surface area contributed by atoms with E-state index in [9.17, 15) is 0 Å². The van der Waals surface area contributed by atoms with E-state index in [1.165, 1.54) is 89.0 Å². The predicted octanol–water partition coefficient (Wildman–Crippen LogP) is 7.74. The molecule has 2 aromatic rings. The lowest BCUT2D eigenvalue weighted by molar-refractivity contribution is 0.160. The highest BCUT2D eigenvalue weighted by Gasteiger charge is 2.23. The topological polar surface area (TPSA) is 48.2 Å². The maximum absolute atomic E-state index is 6.48. The molecular formula is C24H35IN2O2. The molecule has 0 bridgehead atoms. The lowest BCUT2D eigenvalue weighted by atomic mass is 9.87. The van der Waals surface area contributed by atoms with E-state index in [1.54, 1.807) is 0 Å². The number of nitrogens with zero attached hydrogens (tertiary/aromatic N) is 2. The largest absolute Gasteiger partial charge is 0.488 e. The molecule has 0 spiro atoms. The molecule has 160 valence electrons. The molecule has 4 nitrogen and oxygen atoms in total. The molecule has 0 atom stereocenters. The number of hydrogen-bond donors (Lipinski definition) is 0. The fourth-order valence-electron chi connectivity index (χ4n) is 5.02. The normalized spacial score (nSPS) is 26.0. The van der Waals surface area contributed by atoms with Crippen molar-refractivity contribution in [3.8, 4) is 5.75 Å². The van der Waals surface area contributed by atoms with Gasteiger partial charge in [0.15, 0.2) is 11.3 Å². The molecule has 0 unspecified atom stereocenters. The summed E-state index contributed by atoms with van der Waals surface area (Å²) in [6, 6.07) is 4.47. The van der Waals surface area contributed by atoms with E-state index in [0.717, 1.165) is 33.5 Å². The van der Waals surface area contributed by atoms with E-state index in [4.69, 9.17) is 9.37 Å². The second kappa shape index (κ2) is 11.0. The molecule has 0 N–H and O–H groups in total. The fraction of sp³-hybridized carbons (Fsp3) is 0.750. The molecule has 2 saturated carbocycles. The second-order valence-corrected chi connectivity index (χ2v) is 10.9. The van der Waals surface area contributed by atoms with Gasteiger partial charge in [-0.2, -0.15) is 0 Å². The summed E-state index contributed by atoms with van der Waals surface area (Å²) in [5.74, 6) is 1.49. The molecule has 0 saturated heterocycles. The summed E-state index contributed by atoms with van der Waals surface area (Å²) in [4.78, 5) is 0. The highest BCUT2D eigenvalue weighted by molar-refractivity contribution is 14.1. The van der Waals surface area contributed by atoms with E-state index in [1.807, 2.05) is 0 Å². The van der Waals surface area contributed by atoms with Crippen LogP contribution in [0, 0.1) is 0 Å². The number of aromatic nitrogens is 2. The number of alkyl halides is 1. The van der Waals surface area contributed by atoms with Crippen molar-refractivity contribution in [2.45, 2.75) is 112 Å². The number of ether oxygens (including phenoxy) is 1. The van der Waals surface area contributed by atoms with Gasteiger partial charge in [0.1, 0.15) is 5.52 Å². The summed E-state index contributed by atoms with van der Waals surface area (Å²) in [5.41, 5.74) is 3.02. The summed E-state index contributed by atoms with van der Waals surface area (Å²) in [6.45, 7) is 0. The van der Waals surface area contributed by atoms with Crippen LogP contribution >= 0.6 is 22.6 Å². The first-order valence-corrected chi connectivity index (χ1v) is 13.1. The van der Waals surface area contributed by atoms with Crippen molar-refractivity contribution in [1.82, 2.24) is 10.3 Å². The Labute approximate surface area is 188 Å². The van der Waals surface area contributed by atoms with Gasteiger partial charge in [-0.1, -0.05) is 80.4 Å². The van der Waals surface area contributed by atoms with Gasteiger partial charge in [-0.25, -0.2) is 4.63 Å². The molecule has 0 amide bonds. The first-order chi connectivity index (χ1) is 14.3. The Morgan fingerprint density at radius 1 is 0.759 bits per heavy atom. The Bertz CT molecular complexity index is 742. The van der Waals surface area contributed by atoms with Crippen molar-refractivity contribution in [3.63, 3.8) is 0 Å². The van der Waals surface area contributed by atoms with E-state index in [-0.39, 0.29) is 0 Å². The minimum absolute atomic E-state index is 0.299. The highest BCUT2D eigenvalue weighted by Crippen LogP contribution is 2.36. The minimum atomic E-state index is 0.299. The van der Waals surface area contributed by atoms with Gasteiger partial charge in [-0.15, -0.1) is 0 Å². The summed E-state index contributed by atoms with van der Waals surface area (Å²) in [7, 11) is 0. The van der Waals surface area contributed by atoms with Crippen LogP contribution in [0.4, 0.5) is 0 Å². The second-order valence-electron chi connectivity index (χ2n) is 9.10. The summed E-state index contributed by atoms with van der Waals surface area (Å²) < 4.78 is 12.4. The fourth-order valence-corrected chi connectivity index (χ4v) is 5.74. The molecular weight excluding hydrogens is 475 g/mol. The van der Waals surface area contributed by atoms with Crippen LogP contribution in [-0.2, 0) is 0 Å². The van der Waals surface area contributed by atoms with Gasteiger partial charge >= 0.3 is 0 Å². The number of benzene rings is 1. The zero-order chi connectivity index (χ0) is 19.9. The van der Waals surface area contributed by atoms with Crippen molar-refractivity contribution in [2.24, 2.45) is 0 Å². The van der Waals surface area contributed by atoms with Crippen molar-refractivity contribution in [2.75, 3.05) is 0 Å². The Hall–Kier alpha value is -0.850. The third-order valence-corrected chi connectivity index (χ3v) is 8.07. The summed E-state index contributed by atoms with van der Waals surface area (Å²) in [5, 5.41) is 8.33. The average molecular weight is 510 g/mol. The molecule has 0 radical (unpaired) electrons. The van der Waals surface area contributed by atoms with Gasteiger partial charge in [0.2, 0.25) is 0 Å². The molecule has 2 aliphatic carbocycles. The SMILES string of the molecule is IC1CCC(Oc2cc(C3CCCCCCCCCCC3)cc3nonc23)CC1. The van der Waals surface area contributed by atoms with Crippen LogP contribution in [-0.4, -0.2) is 20.3 Å². The molecule has 1 aromatic heterocycles. The maximum Gasteiger partial charge on any atom is 0.177 e. The van der Waals surface area contributed by atoms with Crippen LogP contribution in [0.5, 0.6) is 5.75 Å². The lowest BCUT2D eigenvalue weighted by Gasteiger charge is -2.26. The third-order valence-electron chi connectivity index (χ3n) is 6.82. The first-order valence-electron chi connectivity index (χ1n) is 11.9. The molecule has 2 fully saturated rings. The summed E-state index contributed by atoms with van der Waals surface area (Å²) in [6.07, 6.45) is 20.0. The number of fused-ring (bicyclic) bond motifs is 1. The highest BCUT2D eigenvalue weighted by atomic mass is 127. The van der Waals surface area contributed by atoms with Crippen LogP contribution < -0.4 is 4.74 Å². The third kappa shape index (κ3) is 6.08. The molecule has 1 aromatic carbocycles. The Morgan fingerprint density at radius 2 is 1.38 bits per heavy atom. The van der Waals surface area contributed by atoms with Crippen LogP contribution in [0.15, 0.2) is 16.8 Å². The lowest BCUT2D eigenvalue weighted by Crippen LogP contribution is -2.24. The summed E-state index contributed by atoms with van der Waals surface area (Å²) >= 11 is 2.57. The van der Waals surface area contributed by atoms with Crippen LogP contribution in [0.1, 0.15) is 108 Å². The van der Waals surface area contributed by atoms with Crippen molar-refractivity contribution in [3.05, 3.63) is 17.7 Å². The zero-order valence-corrected chi connectivity index (χ0v) is 19.7. The van der Waals surface area contributed by atoms with Crippen LogP contribution in [0.25, 0.3) is 11.0 Å². The van der Waals surface area contributed by atoms with Gasteiger partial charge in [-0.3, -0.25) is 0 Å². The van der Waals surface area contributed by atoms with Crippen LogP contribution in [0.2, 0.25) is 0 Å². The maximum atomic E-state index is 6.48. The van der Waals surface area contributed by atoms with Gasteiger partial charge in [0, 0.05) is 3.92 Å². The van der Waals surface area contributed by atoms with E-state index in [0.29, 0.717) is 12.0 Å². The molecule has 2 aliphatic rings. The van der Waals surface area contributed by atoms with Gasteiger partial charge in [0.05, 0.1) is 6.10 Å². The molecule has 4 rings (SSSR count). The zero-order valence-electron chi connectivity index (χ0n) is 17.6. The Morgan fingerprint density at radius 3 is 2.03 bits per heavy atom. The van der Waals surface area contributed by atoms with Crippen molar-refractivity contribution < 1.29 is 9.37 Å². The standard InChI is InChI=1S/C24H35IN2O2/c25-20-12-14-21(15-13-20)28-23-17-19(16-22-24(23)27-29-26-22)18-10-8-6-4-2-1-3-5-7-9-11-18/h16-18,20-21H,1-15H2. The smallest absolute Gasteiger partial charge is 0.177 e. The first kappa shape index (κ1) is 21.4. The van der Waals surface area contributed by atoms with E-state index in [2.05, 4.69) is 45.0 Å². The number of halogens is 1. The predicted molar refractivity (Wildman–Crippen MR) is 126 cm³/mol. The minimum Gasteiger partial charge on any atom is -0.488 e. The van der Waals surface area contributed by atoms with Crippen LogP contribution in [0.3, 0.4) is 0 Å². The molecule has 29 heavy (non-hydrogen) atoms. The van der Waals surface area contributed by atoms with Crippen molar-refractivity contribution >= 4 is 33.6 Å². The molecule has 0 aliphatic heterocycles. The van der Waals surface area contributed by atoms with E-state index < -0.39 is 0 Å². The average Bonchev–Trinajstić information content (AvgIpc) is 3.19. The Balaban J connectivity index is 1.51.